The first-order valence-corrected chi connectivity index (χ1v) is 7.47. The number of hydrogen-bond acceptors (Lipinski definition) is 5. The zero-order chi connectivity index (χ0) is 14.1. The molecule has 2 aromatic rings. The number of amides is 1. The summed E-state index contributed by atoms with van der Waals surface area (Å²) in [7, 11) is 0. The zero-order valence-electron chi connectivity index (χ0n) is 10.4. The van der Waals surface area contributed by atoms with Gasteiger partial charge in [0.25, 0.3) is 5.91 Å². The first-order chi connectivity index (χ1) is 9.65. The van der Waals surface area contributed by atoms with Crippen LogP contribution in [0.25, 0.3) is 0 Å². The lowest BCUT2D eigenvalue weighted by atomic mass is 10.0. The Bertz CT molecular complexity index is 678. The standard InChI is InChI=1S/C11H12ClN5O2S/c12-7-5-20-9(13-7)10(18)17-4-2-1-3-6(17)8-14-11(19)16-15-8/h5-6H,1-4H2,(H2,14,15,16,19)/t6-/m1/s1. The zero-order valence-corrected chi connectivity index (χ0v) is 12.0. The van der Waals surface area contributed by atoms with Crippen molar-refractivity contribution < 1.29 is 4.79 Å². The van der Waals surface area contributed by atoms with Gasteiger partial charge >= 0.3 is 5.69 Å². The van der Waals surface area contributed by atoms with Crippen LogP contribution in [0.3, 0.4) is 0 Å². The van der Waals surface area contributed by atoms with Crippen LogP contribution in [0.4, 0.5) is 0 Å². The number of likely N-dealkylation sites (tertiary alicyclic amines) is 1. The second kappa shape index (κ2) is 5.37. The summed E-state index contributed by atoms with van der Waals surface area (Å²) in [5, 5.41) is 8.59. The maximum absolute atomic E-state index is 12.5. The molecule has 0 spiro atoms. The van der Waals surface area contributed by atoms with Crippen molar-refractivity contribution in [2.24, 2.45) is 0 Å². The van der Waals surface area contributed by atoms with Gasteiger partial charge in [0.1, 0.15) is 5.15 Å². The van der Waals surface area contributed by atoms with Crippen molar-refractivity contribution in [3.8, 4) is 0 Å². The van der Waals surface area contributed by atoms with Gasteiger partial charge in [-0.05, 0) is 19.3 Å². The number of aromatic amines is 2. The Kier molecular flexibility index (Phi) is 3.58. The van der Waals surface area contributed by atoms with Crippen LogP contribution in [-0.4, -0.2) is 37.5 Å². The van der Waals surface area contributed by atoms with Crippen LogP contribution in [0.5, 0.6) is 0 Å². The van der Waals surface area contributed by atoms with Gasteiger partial charge in [-0.3, -0.25) is 9.78 Å². The minimum Gasteiger partial charge on any atom is -0.326 e. The molecule has 9 heteroatoms. The number of thiazole rings is 1. The Labute approximate surface area is 123 Å². The van der Waals surface area contributed by atoms with Crippen molar-refractivity contribution in [1.29, 1.82) is 0 Å². The number of aromatic nitrogens is 4. The van der Waals surface area contributed by atoms with Gasteiger partial charge in [-0.25, -0.2) is 14.9 Å². The fourth-order valence-corrected chi connectivity index (χ4v) is 3.27. The summed E-state index contributed by atoms with van der Waals surface area (Å²) in [6.07, 6.45) is 2.68. The third-order valence-corrected chi connectivity index (χ3v) is 4.41. The highest BCUT2D eigenvalue weighted by atomic mass is 35.5. The lowest BCUT2D eigenvalue weighted by Crippen LogP contribution is -2.39. The van der Waals surface area contributed by atoms with E-state index < -0.39 is 0 Å². The average molecular weight is 314 g/mol. The van der Waals surface area contributed by atoms with E-state index >= 15 is 0 Å². The smallest absolute Gasteiger partial charge is 0.326 e. The van der Waals surface area contributed by atoms with Crippen LogP contribution in [0.2, 0.25) is 5.15 Å². The van der Waals surface area contributed by atoms with Gasteiger partial charge in [0.05, 0.1) is 6.04 Å². The molecular weight excluding hydrogens is 302 g/mol. The van der Waals surface area contributed by atoms with Crippen LogP contribution in [0.1, 0.15) is 40.9 Å². The van der Waals surface area contributed by atoms with Crippen molar-refractivity contribution in [3.05, 3.63) is 31.8 Å². The molecule has 0 aromatic carbocycles. The van der Waals surface area contributed by atoms with E-state index in [1.54, 1.807) is 10.3 Å². The minimum absolute atomic E-state index is 0.171. The summed E-state index contributed by atoms with van der Waals surface area (Å²) in [5.74, 6) is 0.321. The van der Waals surface area contributed by atoms with Gasteiger partial charge in [0, 0.05) is 11.9 Å². The largest absolute Gasteiger partial charge is 0.340 e. The van der Waals surface area contributed by atoms with Crippen molar-refractivity contribution >= 4 is 28.8 Å². The molecule has 106 valence electrons. The molecule has 0 radical (unpaired) electrons. The van der Waals surface area contributed by atoms with E-state index in [1.807, 2.05) is 0 Å². The molecular formula is C11H12ClN5O2S. The van der Waals surface area contributed by atoms with Crippen LogP contribution in [-0.2, 0) is 0 Å². The predicted molar refractivity (Wildman–Crippen MR) is 74.0 cm³/mol. The summed E-state index contributed by atoms with van der Waals surface area (Å²) in [6, 6.07) is -0.224. The first-order valence-electron chi connectivity index (χ1n) is 6.22. The Balaban J connectivity index is 1.89. The Hall–Kier alpha value is -1.67. The quantitative estimate of drug-likeness (QED) is 0.880. The lowest BCUT2D eigenvalue weighted by Gasteiger charge is -2.33. The van der Waals surface area contributed by atoms with Gasteiger partial charge in [0.15, 0.2) is 10.8 Å². The highest BCUT2D eigenvalue weighted by molar-refractivity contribution is 7.12. The Morgan fingerprint density at radius 2 is 2.35 bits per heavy atom. The number of halogens is 1. The molecule has 0 aliphatic carbocycles. The summed E-state index contributed by atoms with van der Waals surface area (Å²) < 4.78 is 0. The molecule has 2 aromatic heterocycles. The third-order valence-electron chi connectivity index (χ3n) is 3.26. The van der Waals surface area contributed by atoms with Crippen LogP contribution in [0, 0.1) is 0 Å². The molecule has 3 heterocycles. The van der Waals surface area contributed by atoms with Gasteiger partial charge < -0.3 is 4.90 Å². The van der Waals surface area contributed by atoms with E-state index in [0.717, 1.165) is 19.3 Å². The molecule has 1 atom stereocenters. The molecule has 7 nitrogen and oxygen atoms in total. The summed E-state index contributed by atoms with van der Waals surface area (Å²) in [4.78, 5) is 32.0. The van der Waals surface area contributed by atoms with E-state index in [1.165, 1.54) is 11.3 Å². The minimum atomic E-state index is -0.365. The molecule has 0 saturated carbocycles. The topological polar surface area (TPSA) is 94.7 Å². The van der Waals surface area contributed by atoms with Crippen molar-refractivity contribution in [1.82, 2.24) is 25.1 Å². The van der Waals surface area contributed by atoms with E-state index in [4.69, 9.17) is 11.6 Å². The first kappa shape index (κ1) is 13.3. The number of rotatable bonds is 2. The molecule has 2 N–H and O–H groups in total. The molecule has 1 aliphatic rings. The number of H-pyrrole nitrogens is 2. The van der Waals surface area contributed by atoms with Crippen LogP contribution >= 0.6 is 22.9 Å². The molecule has 20 heavy (non-hydrogen) atoms. The highest BCUT2D eigenvalue weighted by Crippen LogP contribution is 2.30. The summed E-state index contributed by atoms with van der Waals surface area (Å²) in [6.45, 7) is 0.621. The monoisotopic (exact) mass is 313 g/mol. The van der Waals surface area contributed by atoms with Crippen molar-refractivity contribution in [2.45, 2.75) is 25.3 Å². The molecule has 1 fully saturated rings. The maximum Gasteiger partial charge on any atom is 0.340 e. The van der Waals surface area contributed by atoms with Gasteiger partial charge in [-0.2, -0.15) is 5.10 Å². The Morgan fingerprint density at radius 3 is 3.00 bits per heavy atom. The van der Waals surface area contributed by atoms with Gasteiger partial charge in [-0.15, -0.1) is 11.3 Å². The summed E-state index contributed by atoms with van der Waals surface area (Å²) in [5.41, 5.74) is -0.365. The fraction of sp³-hybridized carbons (Fsp3) is 0.455. The number of nitrogens with zero attached hydrogens (tertiary/aromatic N) is 3. The van der Waals surface area contributed by atoms with E-state index in [-0.39, 0.29) is 17.6 Å². The molecule has 1 amide bonds. The lowest BCUT2D eigenvalue weighted by molar-refractivity contribution is 0.0600. The number of piperidine rings is 1. The van der Waals surface area contributed by atoms with Gasteiger partial charge in [0.2, 0.25) is 0 Å². The van der Waals surface area contributed by atoms with E-state index in [0.29, 0.717) is 22.5 Å². The average Bonchev–Trinajstić information content (AvgIpc) is 3.07. The molecule has 1 saturated heterocycles. The van der Waals surface area contributed by atoms with Gasteiger partial charge in [-0.1, -0.05) is 11.6 Å². The van der Waals surface area contributed by atoms with E-state index in [9.17, 15) is 9.59 Å². The van der Waals surface area contributed by atoms with Crippen LogP contribution in [0.15, 0.2) is 10.2 Å². The normalized spacial score (nSPS) is 19.2. The maximum atomic E-state index is 12.5. The molecule has 3 rings (SSSR count). The number of carbonyl (C=O) groups excluding carboxylic acids is 1. The third kappa shape index (κ3) is 2.48. The van der Waals surface area contributed by atoms with E-state index in [2.05, 4.69) is 20.2 Å². The molecule has 0 unspecified atom stereocenters. The SMILES string of the molecule is O=C(c1nc(Cl)cs1)N1CCCC[C@@H]1c1n[nH]c(=O)[nH]1. The van der Waals surface area contributed by atoms with Crippen molar-refractivity contribution in [3.63, 3.8) is 0 Å². The van der Waals surface area contributed by atoms with Crippen LogP contribution < -0.4 is 5.69 Å². The fourth-order valence-electron chi connectivity index (χ4n) is 2.38. The number of nitrogens with one attached hydrogen (secondary N) is 2. The number of carbonyl (C=O) groups is 1. The van der Waals surface area contributed by atoms with Crippen molar-refractivity contribution in [2.75, 3.05) is 6.54 Å². The number of hydrogen-bond donors (Lipinski definition) is 2. The Morgan fingerprint density at radius 1 is 1.50 bits per heavy atom. The second-order valence-corrected chi connectivity index (χ2v) is 5.79. The second-order valence-electron chi connectivity index (χ2n) is 4.55. The molecule has 0 bridgehead atoms. The highest BCUT2D eigenvalue weighted by Gasteiger charge is 2.32. The summed E-state index contributed by atoms with van der Waals surface area (Å²) >= 11 is 6.98. The molecule has 1 aliphatic heterocycles. The predicted octanol–water partition coefficient (Wildman–Crippen LogP) is 1.58.